The number of likely N-dealkylation sites (N-methyl/N-ethyl adjacent to an activating group) is 1. The molecule has 0 aliphatic rings. The van der Waals surface area contributed by atoms with Crippen molar-refractivity contribution in [3.63, 3.8) is 0 Å². The number of nitrogens with zero attached hydrogens (tertiary/aromatic N) is 1. The van der Waals surface area contributed by atoms with Crippen LogP contribution >= 0.6 is 7.82 Å². The van der Waals surface area contributed by atoms with Crippen molar-refractivity contribution in [1.29, 1.82) is 0 Å². The van der Waals surface area contributed by atoms with Crippen molar-refractivity contribution in [3.05, 3.63) is 12.2 Å². The van der Waals surface area contributed by atoms with E-state index in [1.807, 2.05) is 27.2 Å². The van der Waals surface area contributed by atoms with Crippen LogP contribution in [-0.2, 0) is 18.4 Å². The Bertz CT molecular complexity index is 1320. The molecule has 0 radical (unpaired) electrons. The van der Waals surface area contributed by atoms with Gasteiger partial charge in [0.15, 0.2) is 0 Å². The van der Waals surface area contributed by atoms with Gasteiger partial charge >= 0.3 is 0 Å². The normalized spacial score (nSPS) is 13.6. The van der Waals surface area contributed by atoms with Crippen LogP contribution in [0, 0.1) is 0 Å². The Kier molecular flexibility index (Phi) is 63.1. The molecule has 8 nitrogen and oxygen atoms in total. The van der Waals surface area contributed by atoms with E-state index >= 15 is 0 Å². The highest BCUT2D eigenvalue weighted by molar-refractivity contribution is 7.45. The van der Waals surface area contributed by atoms with Crippen molar-refractivity contribution in [1.82, 2.24) is 5.32 Å². The molecule has 0 heterocycles. The van der Waals surface area contributed by atoms with Crippen LogP contribution in [0.25, 0.3) is 0 Å². The third-order valence-corrected chi connectivity index (χ3v) is 18.2. The van der Waals surface area contributed by atoms with Crippen LogP contribution in [0.2, 0.25) is 0 Å². The highest BCUT2D eigenvalue weighted by Crippen LogP contribution is 2.38. The van der Waals surface area contributed by atoms with Crippen molar-refractivity contribution in [2.75, 3.05) is 40.9 Å². The molecule has 0 aromatic heterocycles. The lowest BCUT2D eigenvalue weighted by molar-refractivity contribution is -0.870. The van der Waals surface area contributed by atoms with Gasteiger partial charge in [-0.3, -0.25) is 9.36 Å². The maximum atomic E-state index is 13.0. The monoisotopic (exact) mass is 1170 g/mol. The molecule has 3 unspecified atom stereocenters. The van der Waals surface area contributed by atoms with Gasteiger partial charge in [0.1, 0.15) is 13.2 Å². The van der Waals surface area contributed by atoms with E-state index in [2.05, 4.69) is 19.2 Å². The second-order valence-electron chi connectivity index (χ2n) is 26.7. The molecule has 81 heavy (non-hydrogen) atoms. The van der Waals surface area contributed by atoms with Crippen LogP contribution in [0.3, 0.4) is 0 Å². The molecule has 0 saturated carbocycles. The first-order chi connectivity index (χ1) is 39.5. The zero-order valence-electron chi connectivity index (χ0n) is 55.5. The minimum absolute atomic E-state index is 0.00307. The molecule has 0 aromatic rings. The molecule has 0 rings (SSSR count). The number of unbranched alkanes of at least 4 members (excludes halogenated alkanes) is 56. The molecule has 0 aromatic carbocycles. The fourth-order valence-corrected chi connectivity index (χ4v) is 12.3. The minimum Gasteiger partial charge on any atom is -0.756 e. The number of phosphoric ester groups is 1. The van der Waals surface area contributed by atoms with Gasteiger partial charge in [-0.25, -0.2) is 0 Å². The highest BCUT2D eigenvalue weighted by Gasteiger charge is 2.23. The third-order valence-electron chi connectivity index (χ3n) is 17.2. The van der Waals surface area contributed by atoms with Crippen molar-refractivity contribution in [3.8, 4) is 0 Å². The highest BCUT2D eigenvalue weighted by atomic mass is 31.2. The molecular weight excluding hydrogens is 1020 g/mol. The molecule has 3 atom stereocenters. The van der Waals surface area contributed by atoms with Gasteiger partial charge in [0.05, 0.1) is 39.9 Å². The van der Waals surface area contributed by atoms with Gasteiger partial charge in [0.25, 0.3) is 7.82 Å². The Hall–Kier alpha value is -0.760. The first-order valence-corrected chi connectivity index (χ1v) is 38.0. The second-order valence-corrected chi connectivity index (χ2v) is 28.1. The Morgan fingerprint density at radius 1 is 0.420 bits per heavy atom. The summed E-state index contributed by atoms with van der Waals surface area (Å²) in [6.07, 6.45) is 82.1. The predicted molar refractivity (Wildman–Crippen MR) is 353 cm³/mol. The van der Waals surface area contributed by atoms with Crippen molar-refractivity contribution < 1.29 is 32.9 Å². The summed E-state index contributed by atoms with van der Waals surface area (Å²) in [5.41, 5.74) is 0. The van der Waals surface area contributed by atoms with E-state index < -0.39 is 20.0 Å². The van der Waals surface area contributed by atoms with E-state index in [1.165, 1.54) is 334 Å². The van der Waals surface area contributed by atoms with Crippen LogP contribution in [0.1, 0.15) is 393 Å². The Balaban J connectivity index is 4.00. The van der Waals surface area contributed by atoms with E-state index in [-0.39, 0.29) is 19.1 Å². The summed E-state index contributed by atoms with van der Waals surface area (Å²) in [5.74, 6) is -0.187. The number of hydrogen-bond donors (Lipinski definition) is 2. The third kappa shape index (κ3) is 66.6. The van der Waals surface area contributed by atoms with E-state index in [4.69, 9.17) is 9.05 Å². The summed E-state index contributed by atoms with van der Waals surface area (Å²) in [4.78, 5) is 25.7. The van der Waals surface area contributed by atoms with E-state index in [1.54, 1.807) is 6.08 Å². The van der Waals surface area contributed by atoms with E-state index in [0.29, 0.717) is 17.4 Å². The lowest BCUT2D eigenvalue weighted by atomic mass is 10.0. The quantitative estimate of drug-likeness (QED) is 0.0272. The predicted octanol–water partition coefficient (Wildman–Crippen LogP) is 22.7. The molecule has 0 fully saturated rings. The Morgan fingerprint density at radius 3 is 0.926 bits per heavy atom. The second kappa shape index (κ2) is 63.7. The van der Waals surface area contributed by atoms with Crippen molar-refractivity contribution >= 4 is 13.7 Å². The fraction of sp³-hybridized carbons (Fsp3) is 0.958. The van der Waals surface area contributed by atoms with Gasteiger partial charge in [0, 0.05) is 6.42 Å². The molecule has 0 saturated heterocycles. The fourth-order valence-electron chi connectivity index (χ4n) is 11.6. The first kappa shape index (κ1) is 80.2. The van der Waals surface area contributed by atoms with Crippen molar-refractivity contribution in [2.24, 2.45) is 0 Å². The smallest absolute Gasteiger partial charge is 0.268 e. The number of allylic oxidation sites excluding steroid dienone is 1. The lowest BCUT2D eigenvalue weighted by Gasteiger charge is -2.29. The summed E-state index contributed by atoms with van der Waals surface area (Å²) in [7, 11) is 1.29. The number of aliphatic hydroxyl groups is 1. The minimum atomic E-state index is -4.60. The van der Waals surface area contributed by atoms with Gasteiger partial charge < -0.3 is 28.8 Å². The number of carbonyl (C=O) groups excluding carboxylic acids is 1. The molecule has 0 aliphatic heterocycles. The first-order valence-electron chi connectivity index (χ1n) is 36.6. The molecule has 0 aliphatic carbocycles. The number of amides is 1. The summed E-state index contributed by atoms with van der Waals surface area (Å²) >= 11 is 0. The van der Waals surface area contributed by atoms with Gasteiger partial charge in [-0.15, -0.1) is 0 Å². The van der Waals surface area contributed by atoms with Crippen LogP contribution in [0.15, 0.2) is 12.2 Å². The largest absolute Gasteiger partial charge is 0.756 e. The molecule has 0 bridgehead atoms. The molecular formula is C72H145N2O6P. The standard InChI is InChI=1S/C72H145N2O6P/c1-6-8-10-12-14-16-18-20-22-24-26-28-30-32-34-36-38-40-42-44-46-48-50-52-54-56-58-60-62-64-66-72(76)73-70(69-80-81(77,78)79-68-67-74(3,4)5)71(75)65-63-61-59-57-55-53-51-49-47-45-43-41-39-37-35-33-31-29-27-25-23-21-19-17-15-13-11-9-7-2/h63,65,70-71,75H,6-62,64,66-69H2,1-5H3,(H-,73,76,77,78)/b65-63+. The Labute approximate surface area is 507 Å². The van der Waals surface area contributed by atoms with Gasteiger partial charge in [0.2, 0.25) is 5.91 Å². The number of phosphoric acid groups is 1. The van der Waals surface area contributed by atoms with Crippen LogP contribution in [-0.4, -0.2) is 68.5 Å². The zero-order chi connectivity index (χ0) is 59.1. The molecule has 2 N–H and O–H groups in total. The summed E-state index contributed by atoms with van der Waals surface area (Å²) in [5, 5.41) is 14.0. The van der Waals surface area contributed by atoms with Crippen LogP contribution in [0.5, 0.6) is 0 Å². The van der Waals surface area contributed by atoms with Crippen molar-refractivity contribution in [2.45, 2.75) is 405 Å². The average Bonchev–Trinajstić information content (AvgIpc) is 3.43. The van der Waals surface area contributed by atoms with E-state index in [0.717, 1.165) is 38.5 Å². The molecule has 1 amide bonds. The van der Waals surface area contributed by atoms with Gasteiger partial charge in [-0.2, -0.15) is 0 Å². The summed E-state index contributed by atoms with van der Waals surface area (Å²) in [6, 6.07) is -0.884. The summed E-state index contributed by atoms with van der Waals surface area (Å²) in [6.45, 7) is 4.73. The average molecular weight is 1170 g/mol. The number of quaternary nitrogens is 1. The van der Waals surface area contributed by atoms with Gasteiger partial charge in [-0.05, 0) is 19.3 Å². The number of aliphatic hydroxyl groups excluding tert-OH is 1. The number of nitrogens with one attached hydrogen (secondary N) is 1. The molecule has 0 spiro atoms. The topological polar surface area (TPSA) is 108 Å². The SMILES string of the molecule is CCCCCCCCCCCCCCCCCCCCCCCCCCCCC/C=C/C(O)C(COP(=O)([O-])OCC[N+](C)(C)C)NC(=O)CCCCCCCCCCCCCCCCCCCCCCCCCCCCCCCC. The Morgan fingerprint density at radius 2 is 0.667 bits per heavy atom. The van der Waals surface area contributed by atoms with Crippen LogP contribution in [0.4, 0.5) is 0 Å². The summed E-state index contributed by atoms with van der Waals surface area (Å²) < 4.78 is 23.5. The molecule has 9 heteroatoms. The van der Waals surface area contributed by atoms with Crippen LogP contribution < -0.4 is 10.2 Å². The maximum Gasteiger partial charge on any atom is 0.268 e. The number of hydrogen-bond acceptors (Lipinski definition) is 6. The lowest BCUT2D eigenvalue weighted by Crippen LogP contribution is -2.45. The molecule has 484 valence electrons. The maximum absolute atomic E-state index is 13.0. The number of rotatable bonds is 69. The zero-order valence-corrected chi connectivity index (χ0v) is 56.4. The number of carbonyl (C=O) groups is 1. The van der Waals surface area contributed by atoms with E-state index in [9.17, 15) is 19.4 Å². The van der Waals surface area contributed by atoms with Gasteiger partial charge in [-0.1, -0.05) is 379 Å².